The van der Waals surface area contributed by atoms with E-state index in [0.717, 1.165) is 26.2 Å². The summed E-state index contributed by atoms with van der Waals surface area (Å²) in [5.74, 6) is -1.08. The van der Waals surface area contributed by atoms with Gasteiger partial charge in [0.05, 0.1) is 29.6 Å². The molecule has 0 unspecified atom stereocenters. The van der Waals surface area contributed by atoms with Crippen LogP contribution in [0.1, 0.15) is 55.3 Å². The molecule has 0 aromatic heterocycles. The molecule has 0 saturated carbocycles. The smallest absolute Gasteiger partial charge is 0.411 e. The first-order valence-corrected chi connectivity index (χ1v) is 25.9. The van der Waals surface area contributed by atoms with Gasteiger partial charge < -0.3 is 35.1 Å². The molecule has 0 aliphatic heterocycles. The number of aromatic hydroxyl groups is 1. The Bertz CT molecular complexity index is 2390. The zero-order valence-corrected chi connectivity index (χ0v) is 42.5. The highest BCUT2D eigenvalue weighted by atomic mass is 35.5. The molecule has 5 aromatic carbocycles. The topological polar surface area (TPSA) is 265 Å². The molecule has 0 radical (unpaired) electrons. The molecule has 0 atom stereocenters. The fourth-order valence-electron chi connectivity index (χ4n) is 5.73. The van der Waals surface area contributed by atoms with Gasteiger partial charge in [0.2, 0.25) is 20.0 Å². The normalized spacial score (nSPS) is 10.9. The van der Waals surface area contributed by atoms with Crippen molar-refractivity contribution in [3.63, 3.8) is 0 Å². The lowest BCUT2D eigenvalue weighted by atomic mass is 10.0. The number of nitrogen functional groups attached to an aromatic ring is 1. The van der Waals surface area contributed by atoms with Crippen LogP contribution in [0.15, 0.2) is 137 Å². The number of ether oxygens (including phenoxy) is 3. The number of carboxylic acid groups (broad SMARTS) is 1. The summed E-state index contributed by atoms with van der Waals surface area (Å²) in [6, 6.07) is 36.2. The maximum Gasteiger partial charge on any atom is 0.411 e. The van der Waals surface area contributed by atoms with Crippen LogP contribution in [-0.4, -0.2) is 114 Å². The number of anilines is 3. The van der Waals surface area contributed by atoms with Crippen molar-refractivity contribution in [1.82, 2.24) is 14.3 Å². The molecule has 2 amide bonds. The molecule has 18 nitrogen and oxygen atoms in total. The minimum absolute atomic E-state index is 0.0166. The average molecular weight is 1050 g/mol. The Hall–Kier alpha value is -5.97. The second kappa shape index (κ2) is 32.8. The Morgan fingerprint density at radius 2 is 1.06 bits per heavy atom. The van der Waals surface area contributed by atoms with Crippen molar-refractivity contribution in [2.75, 3.05) is 80.7 Å². The van der Waals surface area contributed by atoms with Crippen molar-refractivity contribution < 1.29 is 55.6 Å². The molecule has 0 aliphatic carbocycles. The van der Waals surface area contributed by atoms with Gasteiger partial charge in [0.15, 0.2) is 0 Å². The molecular weight excluding hydrogens is 988 g/mol. The van der Waals surface area contributed by atoms with Gasteiger partial charge in [-0.15, -0.1) is 23.2 Å². The van der Waals surface area contributed by atoms with E-state index in [1.807, 2.05) is 12.1 Å². The molecule has 8 N–H and O–H groups in total. The van der Waals surface area contributed by atoms with Crippen LogP contribution in [0.25, 0.3) is 0 Å². The van der Waals surface area contributed by atoms with E-state index >= 15 is 0 Å². The van der Waals surface area contributed by atoms with Crippen LogP contribution in [-0.2, 0) is 34.3 Å². The number of nitrogens with zero attached hydrogens (tertiary/aromatic N) is 1. The van der Waals surface area contributed by atoms with Crippen molar-refractivity contribution >= 4 is 78.5 Å². The van der Waals surface area contributed by atoms with Crippen molar-refractivity contribution in [3.05, 3.63) is 144 Å². The number of likely N-dealkylation sites (N-methyl/N-ethyl adjacent to an activating group) is 1. The van der Waals surface area contributed by atoms with Gasteiger partial charge in [0.25, 0.3) is 0 Å². The van der Waals surface area contributed by atoms with Gasteiger partial charge in [-0.2, -0.15) is 0 Å². The first kappa shape index (κ1) is 60.2. The van der Waals surface area contributed by atoms with E-state index in [-0.39, 0.29) is 65.3 Å². The Labute approximate surface area is 420 Å². The molecule has 0 aliphatic rings. The predicted octanol–water partition coefficient (Wildman–Crippen LogP) is 8.35. The molecule has 0 saturated heterocycles. The minimum atomic E-state index is -3.56. The molecule has 70 heavy (non-hydrogen) atoms. The number of sulfonamides is 2. The number of carbonyl (C=O) groups is 3. The van der Waals surface area contributed by atoms with Crippen LogP contribution >= 0.6 is 23.2 Å². The molecule has 0 bridgehead atoms. The predicted molar refractivity (Wildman–Crippen MR) is 274 cm³/mol. The third-order valence-electron chi connectivity index (χ3n) is 9.19. The minimum Gasteiger partial charge on any atom is -0.507 e. The van der Waals surface area contributed by atoms with Gasteiger partial charge in [-0.05, 0) is 98.7 Å². The summed E-state index contributed by atoms with van der Waals surface area (Å²) in [6.07, 6.45) is -1.15. The monoisotopic (exact) mass is 1050 g/mol. The quantitative estimate of drug-likeness (QED) is 0.0269. The van der Waals surface area contributed by atoms with Crippen LogP contribution < -0.4 is 25.8 Å². The number of rotatable bonds is 21. The second-order valence-corrected chi connectivity index (χ2v) is 18.4. The van der Waals surface area contributed by atoms with Gasteiger partial charge in [0.1, 0.15) is 17.4 Å². The number of hydrogen-bond acceptors (Lipinski definition) is 13. The maximum absolute atomic E-state index is 11.7. The number of benzene rings is 5. The molecule has 5 rings (SSSR count). The van der Waals surface area contributed by atoms with Crippen molar-refractivity contribution in [3.8, 4) is 5.75 Å². The fourth-order valence-corrected chi connectivity index (χ4v) is 8.20. The lowest BCUT2D eigenvalue weighted by molar-refractivity contribution is 0.0619. The van der Waals surface area contributed by atoms with Crippen molar-refractivity contribution in [2.24, 2.45) is 0 Å². The Morgan fingerprint density at radius 3 is 1.40 bits per heavy atom. The van der Waals surface area contributed by atoms with Crippen LogP contribution in [0.2, 0.25) is 0 Å². The lowest BCUT2D eigenvalue weighted by Crippen LogP contribution is -2.27. The van der Waals surface area contributed by atoms with E-state index < -0.39 is 38.2 Å². The van der Waals surface area contributed by atoms with Gasteiger partial charge in [0, 0.05) is 54.5 Å². The van der Waals surface area contributed by atoms with Crippen LogP contribution in [0.5, 0.6) is 5.75 Å². The number of nitrogens with one attached hydrogen (secondary N) is 4. The summed E-state index contributed by atoms with van der Waals surface area (Å²) in [7, 11) is -7.11. The van der Waals surface area contributed by atoms with Gasteiger partial charge in [-0.1, -0.05) is 74.5 Å². The maximum atomic E-state index is 11.7. The van der Waals surface area contributed by atoms with Crippen LogP contribution in [0.3, 0.4) is 0 Å². The fraction of sp³-hybridized carbons (Fsp3) is 0.312. The summed E-state index contributed by atoms with van der Waals surface area (Å²) >= 11 is 10.8. The molecule has 0 spiro atoms. The molecule has 5 aromatic rings. The molecule has 22 heteroatoms. The molecule has 0 fully saturated rings. The highest BCUT2D eigenvalue weighted by Crippen LogP contribution is 2.26. The van der Waals surface area contributed by atoms with Gasteiger partial charge in [-0.3, -0.25) is 10.6 Å². The summed E-state index contributed by atoms with van der Waals surface area (Å²) in [6.45, 7) is 12.5. The van der Waals surface area contributed by atoms with E-state index in [0.29, 0.717) is 17.1 Å². The van der Waals surface area contributed by atoms with Crippen LogP contribution in [0.4, 0.5) is 26.7 Å². The number of carbonyl (C=O) groups excluding carboxylic acids is 2. The number of alkyl halides is 2. The van der Waals surface area contributed by atoms with E-state index in [1.54, 1.807) is 13.8 Å². The average Bonchev–Trinajstić information content (AvgIpc) is 3.34. The van der Waals surface area contributed by atoms with Crippen molar-refractivity contribution in [2.45, 2.75) is 43.6 Å². The van der Waals surface area contributed by atoms with E-state index in [9.17, 15) is 31.2 Å². The number of nitrogens with two attached hydrogens (primary N) is 1. The second-order valence-electron chi connectivity index (χ2n) is 14.1. The summed E-state index contributed by atoms with van der Waals surface area (Å²) in [5, 5.41) is 22.4. The highest BCUT2D eigenvalue weighted by Gasteiger charge is 2.16. The summed E-state index contributed by atoms with van der Waals surface area (Å²) in [5.41, 5.74) is 8.80. The van der Waals surface area contributed by atoms with Crippen LogP contribution in [0, 0.1) is 0 Å². The zero-order chi connectivity index (χ0) is 52.0. The number of phenols is 1. The zero-order valence-electron chi connectivity index (χ0n) is 39.3. The Kier molecular flexibility index (Phi) is 28.2. The number of carboxylic acids is 1. The van der Waals surface area contributed by atoms with E-state index in [2.05, 4.69) is 87.4 Å². The summed E-state index contributed by atoms with van der Waals surface area (Å²) < 4.78 is 67.3. The number of hydrogen-bond donors (Lipinski definition) is 7. The van der Waals surface area contributed by atoms with Gasteiger partial charge in [-0.25, -0.2) is 40.7 Å². The third kappa shape index (κ3) is 22.6. The molecular formula is C48H62Cl2N6O12S2. The number of halogens is 2. The summed E-state index contributed by atoms with van der Waals surface area (Å²) in [4.78, 5) is 35.2. The highest BCUT2D eigenvalue weighted by molar-refractivity contribution is 7.89. The van der Waals surface area contributed by atoms with E-state index in [1.165, 1.54) is 77.9 Å². The third-order valence-corrected chi connectivity index (χ3v) is 12.5. The van der Waals surface area contributed by atoms with E-state index in [4.69, 9.17) is 53.4 Å². The molecule has 382 valence electrons. The van der Waals surface area contributed by atoms with Gasteiger partial charge >= 0.3 is 18.2 Å². The SMILES string of the molecule is CCN(CC)CCOC(c1ccccc1)c1ccccc1.CCOC(=O)Nc1ccc(S(=O)(=O)NCCCl)cc1.CCOC(=O)Nc1ccc(S(=O)(=O)NCCCl)cc1.Nc1ccc(C(=O)O)c(O)c1. The number of amides is 2. The number of aromatic carboxylic acids is 1. The van der Waals surface area contributed by atoms with Crippen molar-refractivity contribution in [1.29, 1.82) is 0 Å². The largest absolute Gasteiger partial charge is 0.507 e. The first-order chi connectivity index (χ1) is 33.4. The lowest BCUT2D eigenvalue weighted by Gasteiger charge is -2.22. The first-order valence-electron chi connectivity index (χ1n) is 21.9. The standard InChI is InChI=1S/C19H25NO.2C11H15ClN2O4S.C7H7NO3/c1-3-20(4-2)15-16-21-19(17-11-7-5-8-12-17)18-13-9-6-10-14-18;2*1-2-18-11(15)14-9-3-5-10(6-4-9)19(16,17)13-8-7-12;8-4-1-2-5(7(10)11)6(9)3-4/h5-14,19H,3-4,15-16H2,1-2H3;2*3-6,13H,2,7-8H2,1H3,(H,14,15);1-3,9H,8H2,(H,10,11). The molecule has 0 heterocycles. The Balaban J connectivity index is 0.000000327. The Morgan fingerprint density at radius 1 is 0.643 bits per heavy atom.